The van der Waals surface area contributed by atoms with Crippen LogP contribution in [0.4, 0.5) is 5.82 Å². The van der Waals surface area contributed by atoms with Crippen LogP contribution in [0.15, 0.2) is 18.2 Å². The van der Waals surface area contributed by atoms with Crippen LogP contribution in [0.25, 0.3) is 0 Å². The molecule has 1 heterocycles. The topological polar surface area (TPSA) is 80.7 Å². The molecule has 0 saturated carbocycles. The van der Waals surface area contributed by atoms with E-state index in [4.69, 9.17) is 15.9 Å². The molecular weight excluding hydrogens is 394 g/mol. The van der Waals surface area contributed by atoms with Gasteiger partial charge in [0, 0.05) is 32.2 Å². The second-order valence-electron chi connectivity index (χ2n) is 6.56. The number of carbonyl (C=O) groups is 1. The van der Waals surface area contributed by atoms with Crippen LogP contribution in [0.2, 0.25) is 0 Å². The molecule has 164 valence electrons. The predicted octanol–water partition coefficient (Wildman–Crippen LogP) is 1.25. The fraction of sp³-hybridized carbons (Fsp3) is 0.391. The number of imidazole rings is 1. The van der Waals surface area contributed by atoms with Crippen molar-refractivity contribution >= 4 is 11.7 Å². The Bertz CT molecular complexity index is 1010. The minimum atomic E-state index is -0.287. The number of nitrogens with one attached hydrogen (secondary N) is 2. The number of hydrogen-bond donors (Lipinski definition) is 2. The number of aromatic nitrogens is 2. The monoisotopic (exact) mass is 423 g/mol. The molecule has 0 aliphatic rings. The number of rotatable bonds is 9. The minimum absolute atomic E-state index is 0.138. The third kappa shape index (κ3) is 5.71. The van der Waals surface area contributed by atoms with E-state index in [0.29, 0.717) is 41.9 Å². The Balaban J connectivity index is 2.48. The molecular formula is C23H29N5O3. The van der Waals surface area contributed by atoms with Crippen molar-refractivity contribution in [1.82, 2.24) is 20.2 Å². The fourth-order valence-electron chi connectivity index (χ4n) is 2.99. The van der Waals surface area contributed by atoms with E-state index in [1.54, 1.807) is 38.0 Å². The lowest BCUT2D eigenvalue weighted by Gasteiger charge is -2.21. The number of amides is 1. The number of ether oxygens (including phenoxy) is 2. The Morgan fingerprint density at radius 3 is 2.61 bits per heavy atom. The molecule has 2 aromatic rings. The van der Waals surface area contributed by atoms with Gasteiger partial charge in [-0.15, -0.1) is 6.42 Å². The molecule has 0 spiro atoms. The van der Waals surface area contributed by atoms with Gasteiger partial charge in [-0.2, -0.15) is 0 Å². The Hall–Kier alpha value is -3.62. The van der Waals surface area contributed by atoms with Crippen molar-refractivity contribution in [3.05, 3.63) is 35.3 Å². The van der Waals surface area contributed by atoms with Crippen LogP contribution in [0, 0.1) is 24.2 Å². The van der Waals surface area contributed by atoms with E-state index in [1.807, 2.05) is 24.9 Å². The number of likely N-dealkylation sites (N-methyl/N-ethyl adjacent to an activating group) is 2. The average Bonchev–Trinajstić information content (AvgIpc) is 3.12. The number of carbonyl (C=O) groups excluding carboxylic acids is 1. The van der Waals surface area contributed by atoms with Gasteiger partial charge in [-0.3, -0.25) is 4.79 Å². The van der Waals surface area contributed by atoms with E-state index in [1.165, 1.54) is 0 Å². The van der Waals surface area contributed by atoms with Gasteiger partial charge in [0.1, 0.15) is 0 Å². The average molecular weight is 424 g/mol. The third-order valence-electron chi connectivity index (χ3n) is 4.66. The standard InChI is InChI=1S/C23H29N5O3/c1-7-13-25-23(29)21-22(28(8-2)15-14-24-3)26-20(27(21)4)12-10-17-9-11-18(30-5)19(16-17)31-6/h1,9,11,16,24H,8,13-15H2,2-6H3,(H,25,29). The van der Waals surface area contributed by atoms with Crippen molar-refractivity contribution in [2.75, 3.05) is 52.3 Å². The molecule has 0 bridgehead atoms. The molecule has 1 aromatic heterocycles. The maximum Gasteiger partial charge on any atom is 0.272 e. The number of methoxy groups -OCH3 is 2. The molecule has 0 unspecified atom stereocenters. The minimum Gasteiger partial charge on any atom is -0.493 e. The molecule has 0 aliphatic carbocycles. The second kappa shape index (κ2) is 11.5. The normalized spacial score (nSPS) is 9.94. The highest BCUT2D eigenvalue weighted by Crippen LogP contribution is 2.27. The molecule has 0 radical (unpaired) electrons. The fourth-order valence-corrected chi connectivity index (χ4v) is 2.99. The Morgan fingerprint density at radius 2 is 2.00 bits per heavy atom. The number of anilines is 1. The first-order valence-electron chi connectivity index (χ1n) is 9.92. The van der Waals surface area contributed by atoms with E-state index in [0.717, 1.165) is 12.1 Å². The van der Waals surface area contributed by atoms with Crippen molar-refractivity contribution in [1.29, 1.82) is 0 Å². The molecule has 0 atom stereocenters. The predicted molar refractivity (Wildman–Crippen MR) is 122 cm³/mol. The summed E-state index contributed by atoms with van der Waals surface area (Å²) in [6.07, 6.45) is 5.30. The van der Waals surface area contributed by atoms with Crippen LogP contribution >= 0.6 is 0 Å². The summed E-state index contributed by atoms with van der Waals surface area (Å²) in [5, 5.41) is 5.84. The summed E-state index contributed by atoms with van der Waals surface area (Å²) in [7, 11) is 6.81. The first-order chi connectivity index (χ1) is 15.0. The molecule has 2 rings (SSSR count). The molecule has 0 aliphatic heterocycles. The zero-order valence-electron chi connectivity index (χ0n) is 18.7. The lowest BCUT2D eigenvalue weighted by atomic mass is 10.2. The van der Waals surface area contributed by atoms with Gasteiger partial charge in [0.15, 0.2) is 28.8 Å². The highest BCUT2D eigenvalue weighted by atomic mass is 16.5. The van der Waals surface area contributed by atoms with Gasteiger partial charge in [-0.1, -0.05) is 11.8 Å². The summed E-state index contributed by atoms with van der Waals surface area (Å²) < 4.78 is 12.3. The van der Waals surface area contributed by atoms with Gasteiger partial charge in [0.25, 0.3) is 5.91 Å². The lowest BCUT2D eigenvalue weighted by molar-refractivity contribution is 0.0951. The molecule has 2 N–H and O–H groups in total. The molecule has 0 fully saturated rings. The van der Waals surface area contributed by atoms with E-state index in [9.17, 15) is 4.79 Å². The summed E-state index contributed by atoms with van der Waals surface area (Å²) in [4.78, 5) is 19.5. The molecule has 31 heavy (non-hydrogen) atoms. The van der Waals surface area contributed by atoms with Gasteiger partial charge in [0.2, 0.25) is 0 Å². The first-order valence-corrected chi connectivity index (χ1v) is 9.92. The van der Waals surface area contributed by atoms with Crippen LogP contribution in [0.5, 0.6) is 11.5 Å². The van der Waals surface area contributed by atoms with E-state index in [2.05, 4.69) is 33.4 Å². The van der Waals surface area contributed by atoms with Gasteiger partial charge in [-0.25, -0.2) is 4.98 Å². The zero-order valence-corrected chi connectivity index (χ0v) is 18.7. The van der Waals surface area contributed by atoms with Crippen LogP contribution in [-0.2, 0) is 7.05 Å². The molecule has 1 amide bonds. The Morgan fingerprint density at radius 1 is 1.26 bits per heavy atom. The van der Waals surface area contributed by atoms with E-state index >= 15 is 0 Å². The third-order valence-corrected chi connectivity index (χ3v) is 4.66. The van der Waals surface area contributed by atoms with Crippen molar-refractivity contribution < 1.29 is 14.3 Å². The van der Waals surface area contributed by atoms with Gasteiger partial charge < -0.3 is 29.6 Å². The number of terminal acetylenes is 1. The maximum absolute atomic E-state index is 12.8. The highest BCUT2D eigenvalue weighted by Gasteiger charge is 2.23. The molecule has 0 saturated heterocycles. The van der Waals surface area contributed by atoms with Crippen LogP contribution in [-0.4, -0.2) is 62.9 Å². The Labute approximate surface area is 183 Å². The summed E-state index contributed by atoms with van der Waals surface area (Å²) in [5.74, 6) is 10.6. The number of nitrogens with zero attached hydrogens (tertiary/aromatic N) is 3. The Kier molecular flexibility index (Phi) is 8.80. The largest absolute Gasteiger partial charge is 0.493 e. The van der Waals surface area contributed by atoms with Crippen molar-refractivity contribution in [2.24, 2.45) is 7.05 Å². The summed E-state index contributed by atoms with van der Waals surface area (Å²) >= 11 is 0. The molecule has 8 heteroatoms. The molecule has 8 nitrogen and oxygen atoms in total. The van der Waals surface area contributed by atoms with Crippen molar-refractivity contribution in [3.8, 4) is 35.7 Å². The lowest BCUT2D eigenvalue weighted by Crippen LogP contribution is -2.34. The van der Waals surface area contributed by atoms with Gasteiger partial charge >= 0.3 is 0 Å². The zero-order chi connectivity index (χ0) is 22.8. The van der Waals surface area contributed by atoms with Crippen molar-refractivity contribution in [2.45, 2.75) is 6.92 Å². The quantitative estimate of drug-likeness (QED) is 0.591. The van der Waals surface area contributed by atoms with Gasteiger partial charge in [0.05, 0.1) is 20.8 Å². The second-order valence-corrected chi connectivity index (χ2v) is 6.56. The first kappa shape index (κ1) is 23.7. The summed E-state index contributed by atoms with van der Waals surface area (Å²) in [6, 6.07) is 5.42. The van der Waals surface area contributed by atoms with Crippen LogP contribution in [0.3, 0.4) is 0 Å². The summed E-state index contributed by atoms with van der Waals surface area (Å²) in [5.41, 5.74) is 1.16. The highest BCUT2D eigenvalue weighted by molar-refractivity contribution is 5.98. The maximum atomic E-state index is 12.8. The van der Waals surface area contributed by atoms with Crippen LogP contribution < -0.4 is 25.0 Å². The SMILES string of the molecule is C#CCNC(=O)c1c(N(CC)CCNC)nc(C#Cc2ccc(OC)c(OC)c2)n1C. The number of benzene rings is 1. The van der Waals surface area contributed by atoms with E-state index in [-0.39, 0.29) is 12.5 Å². The summed E-state index contributed by atoms with van der Waals surface area (Å²) in [6.45, 7) is 4.29. The molecule has 1 aromatic carbocycles. The van der Waals surface area contributed by atoms with E-state index < -0.39 is 0 Å². The number of hydrogen-bond acceptors (Lipinski definition) is 6. The van der Waals surface area contributed by atoms with Crippen LogP contribution in [0.1, 0.15) is 28.8 Å². The van der Waals surface area contributed by atoms with Gasteiger partial charge in [-0.05, 0) is 38.1 Å². The smallest absolute Gasteiger partial charge is 0.272 e. The van der Waals surface area contributed by atoms with Crippen molar-refractivity contribution in [3.63, 3.8) is 0 Å².